The van der Waals surface area contributed by atoms with Crippen LogP contribution in [0.4, 0.5) is 4.39 Å². The third kappa shape index (κ3) is 4.50. The summed E-state index contributed by atoms with van der Waals surface area (Å²) in [5.74, 6) is -1.08. The van der Waals surface area contributed by atoms with E-state index < -0.39 is 17.8 Å². The summed E-state index contributed by atoms with van der Waals surface area (Å²) in [6.45, 7) is 1.94. The molecule has 0 saturated carbocycles. The van der Waals surface area contributed by atoms with Crippen molar-refractivity contribution in [1.29, 1.82) is 0 Å². The first-order chi connectivity index (χ1) is 7.56. The molecule has 0 bridgehead atoms. The highest BCUT2D eigenvalue weighted by Gasteiger charge is 2.17. The van der Waals surface area contributed by atoms with Gasteiger partial charge in [-0.3, -0.25) is 4.79 Å². The number of benzene rings is 1. The van der Waals surface area contributed by atoms with Crippen LogP contribution in [-0.4, -0.2) is 18.6 Å². The van der Waals surface area contributed by atoms with Crippen LogP contribution in [0.25, 0.3) is 0 Å². The van der Waals surface area contributed by atoms with E-state index in [1.807, 2.05) is 0 Å². The SMILES string of the molecule is CCOC(=O)C(N)Cc1cccc(Cl)c1F.Cl. The van der Waals surface area contributed by atoms with Crippen molar-refractivity contribution in [2.75, 3.05) is 6.61 Å². The average Bonchev–Trinajstić information content (AvgIpc) is 2.25. The van der Waals surface area contributed by atoms with Crippen LogP contribution >= 0.6 is 24.0 Å². The van der Waals surface area contributed by atoms with E-state index in [0.29, 0.717) is 5.56 Å². The summed E-state index contributed by atoms with van der Waals surface area (Å²) in [4.78, 5) is 11.2. The highest BCUT2D eigenvalue weighted by Crippen LogP contribution is 2.18. The molecule has 0 radical (unpaired) electrons. The zero-order valence-electron chi connectivity index (χ0n) is 9.28. The van der Waals surface area contributed by atoms with Gasteiger partial charge in [-0.15, -0.1) is 12.4 Å². The van der Waals surface area contributed by atoms with Gasteiger partial charge in [0.05, 0.1) is 11.6 Å². The van der Waals surface area contributed by atoms with E-state index in [1.54, 1.807) is 19.1 Å². The lowest BCUT2D eigenvalue weighted by Gasteiger charge is -2.11. The lowest BCUT2D eigenvalue weighted by molar-refractivity contribution is -0.144. The monoisotopic (exact) mass is 281 g/mol. The van der Waals surface area contributed by atoms with E-state index in [-0.39, 0.29) is 30.5 Å². The molecule has 0 spiro atoms. The maximum absolute atomic E-state index is 13.5. The van der Waals surface area contributed by atoms with Crippen molar-refractivity contribution >= 4 is 30.0 Å². The van der Waals surface area contributed by atoms with Gasteiger partial charge in [-0.1, -0.05) is 23.7 Å². The molecule has 96 valence electrons. The minimum absolute atomic E-state index is 0. The Kier molecular flexibility index (Phi) is 7.11. The van der Waals surface area contributed by atoms with Crippen molar-refractivity contribution in [3.8, 4) is 0 Å². The first-order valence-electron chi connectivity index (χ1n) is 4.91. The molecule has 1 unspecified atom stereocenters. The molecule has 0 aliphatic heterocycles. The highest BCUT2D eigenvalue weighted by molar-refractivity contribution is 6.30. The fourth-order valence-electron chi connectivity index (χ4n) is 1.28. The summed E-state index contributed by atoms with van der Waals surface area (Å²) in [5, 5.41) is 0.0218. The number of nitrogens with two attached hydrogens (primary N) is 1. The number of hydrogen-bond acceptors (Lipinski definition) is 3. The topological polar surface area (TPSA) is 52.3 Å². The van der Waals surface area contributed by atoms with Crippen molar-refractivity contribution in [2.24, 2.45) is 5.73 Å². The second-order valence-corrected chi connectivity index (χ2v) is 3.68. The molecule has 3 nitrogen and oxygen atoms in total. The molecule has 0 amide bonds. The van der Waals surface area contributed by atoms with Crippen LogP contribution in [0.2, 0.25) is 5.02 Å². The third-order valence-electron chi connectivity index (χ3n) is 2.06. The smallest absolute Gasteiger partial charge is 0.323 e. The number of ether oxygens (including phenoxy) is 1. The molecule has 0 heterocycles. The van der Waals surface area contributed by atoms with Crippen LogP contribution in [-0.2, 0) is 16.0 Å². The minimum Gasteiger partial charge on any atom is -0.465 e. The Hall–Kier alpha value is -0.840. The Morgan fingerprint density at radius 1 is 1.59 bits per heavy atom. The number of hydrogen-bond donors (Lipinski definition) is 1. The fraction of sp³-hybridized carbons (Fsp3) is 0.364. The Labute approximate surface area is 110 Å². The van der Waals surface area contributed by atoms with E-state index in [2.05, 4.69) is 0 Å². The molecule has 1 aromatic rings. The number of carbonyl (C=O) groups is 1. The van der Waals surface area contributed by atoms with Gasteiger partial charge in [-0.05, 0) is 18.6 Å². The molecule has 0 aliphatic carbocycles. The first kappa shape index (κ1) is 16.2. The molecule has 1 atom stereocenters. The third-order valence-corrected chi connectivity index (χ3v) is 2.35. The van der Waals surface area contributed by atoms with Gasteiger partial charge in [-0.25, -0.2) is 4.39 Å². The van der Waals surface area contributed by atoms with Gasteiger partial charge in [0.25, 0.3) is 0 Å². The van der Waals surface area contributed by atoms with E-state index >= 15 is 0 Å². The van der Waals surface area contributed by atoms with Crippen LogP contribution in [0.3, 0.4) is 0 Å². The molecule has 17 heavy (non-hydrogen) atoms. The zero-order valence-corrected chi connectivity index (χ0v) is 10.9. The Balaban J connectivity index is 0.00000256. The van der Waals surface area contributed by atoms with Gasteiger partial charge in [0.2, 0.25) is 0 Å². The van der Waals surface area contributed by atoms with E-state index in [9.17, 15) is 9.18 Å². The quantitative estimate of drug-likeness (QED) is 0.862. The molecule has 1 aromatic carbocycles. The predicted octanol–water partition coefficient (Wildman–Crippen LogP) is 2.33. The summed E-state index contributed by atoms with van der Waals surface area (Å²) < 4.78 is 18.2. The molecule has 6 heteroatoms. The Morgan fingerprint density at radius 2 is 2.24 bits per heavy atom. The van der Waals surface area contributed by atoms with Crippen LogP contribution in [0.1, 0.15) is 12.5 Å². The van der Waals surface area contributed by atoms with E-state index in [0.717, 1.165) is 0 Å². The second-order valence-electron chi connectivity index (χ2n) is 3.28. The normalized spacial score (nSPS) is 11.5. The number of esters is 1. The number of carbonyl (C=O) groups excluding carboxylic acids is 1. The molecule has 0 aliphatic rings. The maximum atomic E-state index is 13.5. The summed E-state index contributed by atoms with van der Waals surface area (Å²) in [6.07, 6.45) is 0.0746. The van der Waals surface area contributed by atoms with Gasteiger partial charge >= 0.3 is 5.97 Å². The zero-order chi connectivity index (χ0) is 12.1. The van der Waals surface area contributed by atoms with Crippen LogP contribution < -0.4 is 5.73 Å². The molecule has 0 aromatic heterocycles. The van der Waals surface area contributed by atoms with Gasteiger partial charge in [0.15, 0.2) is 0 Å². The first-order valence-corrected chi connectivity index (χ1v) is 5.29. The molecule has 0 fully saturated rings. The van der Waals surface area contributed by atoms with Crippen molar-refractivity contribution < 1.29 is 13.9 Å². The van der Waals surface area contributed by atoms with Crippen molar-refractivity contribution in [2.45, 2.75) is 19.4 Å². The number of halogens is 3. The van der Waals surface area contributed by atoms with E-state index in [4.69, 9.17) is 22.1 Å². The largest absolute Gasteiger partial charge is 0.465 e. The van der Waals surface area contributed by atoms with Crippen LogP contribution in [0.15, 0.2) is 18.2 Å². The summed E-state index contributed by atoms with van der Waals surface area (Å²) in [7, 11) is 0. The molecule has 0 saturated heterocycles. The minimum atomic E-state index is -0.868. The average molecular weight is 282 g/mol. The van der Waals surface area contributed by atoms with Gasteiger partial charge < -0.3 is 10.5 Å². The summed E-state index contributed by atoms with van der Waals surface area (Å²) >= 11 is 5.61. The molecule has 1 rings (SSSR count). The Morgan fingerprint density at radius 3 is 2.82 bits per heavy atom. The lowest BCUT2D eigenvalue weighted by Crippen LogP contribution is -2.34. The molecule has 2 N–H and O–H groups in total. The second kappa shape index (κ2) is 7.48. The highest BCUT2D eigenvalue weighted by atomic mass is 35.5. The molecular weight excluding hydrogens is 268 g/mol. The van der Waals surface area contributed by atoms with Gasteiger partial charge in [0.1, 0.15) is 11.9 Å². The van der Waals surface area contributed by atoms with Crippen molar-refractivity contribution in [3.63, 3.8) is 0 Å². The Bertz CT molecular complexity index is 388. The van der Waals surface area contributed by atoms with Gasteiger partial charge in [-0.2, -0.15) is 0 Å². The van der Waals surface area contributed by atoms with Gasteiger partial charge in [0, 0.05) is 6.42 Å². The van der Waals surface area contributed by atoms with Crippen molar-refractivity contribution in [1.82, 2.24) is 0 Å². The standard InChI is InChI=1S/C11H13ClFNO2.ClH/c1-2-16-11(15)9(14)6-7-4-3-5-8(12)10(7)13;/h3-5,9H,2,6,14H2,1H3;1H. The lowest BCUT2D eigenvalue weighted by atomic mass is 10.1. The maximum Gasteiger partial charge on any atom is 0.323 e. The predicted molar refractivity (Wildman–Crippen MR) is 67.0 cm³/mol. The van der Waals surface area contributed by atoms with Crippen LogP contribution in [0, 0.1) is 5.82 Å². The van der Waals surface area contributed by atoms with Crippen molar-refractivity contribution in [3.05, 3.63) is 34.6 Å². The van der Waals surface area contributed by atoms with Crippen LogP contribution in [0.5, 0.6) is 0 Å². The van der Waals surface area contributed by atoms with E-state index in [1.165, 1.54) is 6.07 Å². The number of rotatable bonds is 4. The molecular formula is C11H14Cl2FNO2. The summed E-state index contributed by atoms with van der Waals surface area (Å²) in [5.41, 5.74) is 5.88. The summed E-state index contributed by atoms with van der Waals surface area (Å²) in [6, 6.07) is 3.72. The fourth-order valence-corrected chi connectivity index (χ4v) is 1.47.